The van der Waals surface area contributed by atoms with Crippen LogP contribution >= 0.6 is 15.9 Å². The molecule has 0 aromatic heterocycles. The molecule has 29 heavy (non-hydrogen) atoms. The lowest BCUT2D eigenvalue weighted by Crippen LogP contribution is -2.59. The summed E-state index contributed by atoms with van der Waals surface area (Å²) in [5.41, 5.74) is -3.13. The minimum Gasteiger partial charge on any atom is -0.496 e. The Kier molecular flexibility index (Phi) is 5.34. The molecule has 0 spiro atoms. The van der Waals surface area contributed by atoms with Crippen molar-refractivity contribution < 1.29 is 14.2 Å². The third-order valence-corrected chi connectivity index (χ3v) is 6.65. The van der Waals surface area contributed by atoms with Crippen molar-refractivity contribution in [3.63, 3.8) is 0 Å². The zero-order valence-electron chi connectivity index (χ0n) is 16.5. The van der Waals surface area contributed by atoms with Gasteiger partial charge in [-0.15, -0.1) is 0 Å². The van der Waals surface area contributed by atoms with E-state index in [0.29, 0.717) is 35.0 Å². The van der Waals surface area contributed by atoms with Crippen LogP contribution in [-0.2, 0) is 9.47 Å². The summed E-state index contributed by atoms with van der Waals surface area (Å²) >= 11 is 3.43. The second kappa shape index (κ2) is 7.34. The third kappa shape index (κ3) is 2.51. The van der Waals surface area contributed by atoms with Gasteiger partial charge in [0, 0.05) is 6.42 Å². The molecular formula is C21H21BrN4O3. The SMILES string of the molecule is CCCC12OC(=N)C(C#N)(C1CC)C(C#N)(C#N)C(c1ccc(OC)c(Br)c1)O2. The molecule has 0 aliphatic carbocycles. The number of rotatable bonds is 5. The maximum absolute atomic E-state index is 10.3. The fourth-order valence-electron chi connectivity index (χ4n) is 4.82. The maximum Gasteiger partial charge on any atom is 0.217 e. The highest BCUT2D eigenvalue weighted by molar-refractivity contribution is 9.10. The van der Waals surface area contributed by atoms with Gasteiger partial charge in [0.05, 0.1) is 35.7 Å². The number of ether oxygens (including phenoxy) is 3. The molecule has 1 aromatic rings. The number of hydrogen-bond donors (Lipinski definition) is 1. The van der Waals surface area contributed by atoms with Crippen molar-refractivity contribution in [3.05, 3.63) is 28.2 Å². The first-order valence-corrected chi connectivity index (χ1v) is 10.2. The fraction of sp³-hybridized carbons (Fsp3) is 0.524. The van der Waals surface area contributed by atoms with Gasteiger partial charge in [0.15, 0.2) is 5.41 Å². The van der Waals surface area contributed by atoms with E-state index in [1.165, 1.54) is 7.11 Å². The van der Waals surface area contributed by atoms with Gasteiger partial charge in [-0.25, -0.2) is 0 Å². The maximum atomic E-state index is 10.3. The monoisotopic (exact) mass is 456 g/mol. The van der Waals surface area contributed by atoms with E-state index in [1.807, 2.05) is 13.8 Å². The molecule has 2 heterocycles. The van der Waals surface area contributed by atoms with E-state index in [9.17, 15) is 15.8 Å². The average molecular weight is 457 g/mol. The Bertz CT molecular complexity index is 962. The Labute approximate surface area is 178 Å². The summed E-state index contributed by atoms with van der Waals surface area (Å²) in [4.78, 5) is 0. The number of nitrogens with zero attached hydrogens (tertiary/aromatic N) is 3. The first kappa shape index (κ1) is 21.1. The van der Waals surface area contributed by atoms with Crippen molar-refractivity contribution in [2.75, 3.05) is 7.11 Å². The Morgan fingerprint density at radius 3 is 2.38 bits per heavy atom. The van der Waals surface area contributed by atoms with Crippen LogP contribution in [-0.4, -0.2) is 18.8 Å². The molecule has 0 saturated carbocycles. The van der Waals surface area contributed by atoms with Crippen LogP contribution in [0.25, 0.3) is 0 Å². The summed E-state index contributed by atoms with van der Waals surface area (Å²) in [6, 6.07) is 11.4. The second-order valence-electron chi connectivity index (χ2n) is 7.30. The van der Waals surface area contributed by atoms with Crippen LogP contribution in [0.15, 0.2) is 22.7 Å². The van der Waals surface area contributed by atoms with Gasteiger partial charge < -0.3 is 14.2 Å². The predicted octanol–water partition coefficient (Wildman–Crippen LogP) is 4.60. The number of fused-ring (bicyclic) bond motifs is 2. The molecule has 150 valence electrons. The molecule has 8 heteroatoms. The summed E-state index contributed by atoms with van der Waals surface area (Å²) in [6.45, 7) is 3.82. The van der Waals surface area contributed by atoms with E-state index in [4.69, 9.17) is 19.6 Å². The summed E-state index contributed by atoms with van der Waals surface area (Å²) in [5, 5.41) is 39.2. The number of nitrogens with one attached hydrogen (secondary N) is 1. The fourth-order valence-corrected chi connectivity index (χ4v) is 5.37. The van der Waals surface area contributed by atoms with Crippen LogP contribution < -0.4 is 4.74 Å². The van der Waals surface area contributed by atoms with E-state index < -0.39 is 28.6 Å². The molecule has 2 bridgehead atoms. The van der Waals surface area contributed by atoms with Gasteiger partial charge in [0.2, 0.25) is 17.1 Å². The third-order valence-electron chi connectivity index (χ3n) is 6.03. The molecule has 3 rings (SSSR count). The first-order valence-electron chi connectivity index (χ1n) is 9.39. The van der Waals surface area contributed by atoms with Crippen LogP contribution in [0.2, 0.25) is 0 Å². The number of nitriles is 3. The van der Waals surface area contributed by atoms with E-state index in [2.05, 4.69) is 34.1 Å². The largest absolute Gasteiger partial charge is 0.496 e. The van der Waals surface area contributed by atoms with Crippen LogP contribution in [0.1, 0.15) is 44.8 Å². The Morgan fingerprint density at radius 1 is 1.21 bits per heavy atom. The molecule has 1 N–H and O–H groups in total. The molecule has 7 nitrogen and oxygen atoms in total. The molecule has 4 atom stereocenters. The molecule has 1 aromatic carbocycles. The lowest BCUT2D eigenvalue weighted by molar-refractivity contribution is -0.286. The van der Waals surface area contributed by atoms with Crippen LogP contribution in [0, 0.1) is 56.2 Å². The number of benzene rings is 1. The van der Waals surface area contributed by atoms with E-state index >= 15 is 0 Å². The van der Waals surface area contributed by atoms with Gasteiger partial charge in [-0.3, -0.25) is 5.41 Å². The highest BCUT2D eigenvalue weighted by Gasteiger charge is 2.79. The molecule has 2 aliphatic rings. The van der Waals surface area contributed by atoms with Crippen molar-refractivity contribution >= 4 is 21.8 Å². The summed E-state index contributed by atoms with van der Waals surface area (Å²) in [5.74, 6) is -1.62. The number of halogens is 1. The Morgan fingerprint density at radius 2 is 1.90 bits per heavy atom. The summed E-state index contributed by atoms with van der Waals surface area (Å²) in [6.07, 6.45) is 0.491. The molecule has 4 unspecified atom stereocenters. The quantitative estimate of drug-likeness (QED) is 0.689. The van der Waals surface area contributed by atoms with Gasteiger partial charge in [0.25, 0.3) is 0 Å². The lowest BCUT2D eigenvalue weighted by atomic mass is 9.52. The van der Waals surface area contributed by atoms with Gasteiger partial charge in [-0.05, 0) is 46.5 Å². The van der Waals surface area contributed by atoms with Gasteiger partial charge in [0.1, 0.15) is 11.9 Å². The topological polar surface area (TPSA) is 123 Å². The zero-order chi connectivity index (χ0) is 21.4. The molecule has 0 amide bonds. The van der Waals surface area contributed by atoms with Crippen LogP contribution in [0.4, 0.5) is 0 Å². The van der Waals surface area contributed by atoms with Gasteiger partial charge in [-0.1, -0.05) is 19.9 Å². The lowest BCUT2D eigenvalue weighted by Gasteiger charge is -2.49. The van der Waals surface area contributed by atoms with E-state index in [0.717, 1.165) is 0 Å². The second-order valence-corrected chi connectivity index (χ2v) is 8.15. The average Bonchev–Trinajstić information content (AvgIpc) is 2.91. The van der Waals surface area contributed by atoms with Crippen molar-refractivity contribution in [1.82, 2.24) is 0 Å². The zero-order valence-corrected chi connectivity index (χ0v) is 18.0. The van der Waals surface area contributed by atoms with Crippen LogP contribution in [0.5, 0.6) is 5.75 Å². The molecule has 2 saturated heterocycles. The predicted molar refractivity (Wildman–Crippen MR) is 106 cm³/mol. The number of hydrogen-bond acceptors (Lipinski definition) is 7. The van der Waals surface area contributed by atoms with Crippen molar-refractivity contribution in [2.24, 2.45) is 16.7 Å². The minimum absolute atomic E-state index is 0.363. The summed E-state index contributed by atoms with van der Waals surface area (Å²) < 4.78 is 18.2. The van der Waals surface area contributed by atoms with E-state index in [1.54, 1.807) is 18.2 Å². The molecule has 2 aliphatic heterocycles. The molecule has 2 fully saturated rings. The van der Waals surface area contributed by atoms with Gasteiger partial charge >= 0.3 is 0 Å². The van der Waals surface area contributed by atoms with Crippen molar-refractivity contribution in [2.45, 2.75) is 45.0 Å². The van der Waals surface area contributed by atoms with Crippen LogP contribution in [0.3, 0.4) is 0 Å². The molecule has 0 radical (unpaired) electrons. The summed E-state index contributed by atoms with van der Waals surface area (Å²) in [7, 11) is 1.54. The smallest absolute Gasteiger partial charge is 0.217 e. The van der Waals surface area contributed by atoms with Gasteiger partial charge in [-0.2, -0.15) is 15.8 Å². The normalized spacial score (nSPS) is 31.8. The first-order chi connectivity index (χ1) is 13.9. The number of methoxy groups -OCH3 is 1. The Hall–Kier alpha value is -2.60. The Balaban J connectivity index is 2.32. The standard InChI is InChI=1S/C21H21BrN4O3/c1-4-8-21-16(5-2)20(12-25,18(26)29-21)19(10-23,11-24)17(28-21)13-6-7-15(27-3)14(22)9-13/h6-7,9,16-17,26H,4-5,8H2,1-3H3. The molecular weight excluding hydrogens is 436 g/mol. The highest BCUT2D eigenvalue weighted by atomic mass is 79.9. The minimum atomic E-state index is -1.94. The van der Waals surface area contributed by atoms with Crippen molar-refractivity contribution in [1.29, 1.82) is 21.2 Å². The van der Waals surface area contributed by atoms with Crippen molar-refractivity contribution in [3.8, 4) is 24.0 Å². The highest BCUT2D eigenvalue weighted by Crippen LogP contribution is 2.68. The van der Waals surface area contributed by atoms with E-state index in [-0.39, 0.29) is 5.90 Å².